The highest BCUT2D eigenvalue weighted by Gasteiger charge is 2.30. The van der Waals surface area contributed by atoms with E-state index in [0.717, 1.165) is 25.9 Å². The van der Waals surface area contributed by atoms with E-state index < -0.39 is 0 Å². The minimum absolute atomic E-state index is 0.121. The molecule has 1 aliphatic carbocycles. The fraction of sp³-hybridized carbons (Fsp3) is 0.812. The molecule has 0 spiro atoms. The van der Waals surface area contributed by atoms with Crippen LogP contribution in [0.1, 0.15) is 62.8 Å². The van der Waals surface area contributed by atoms with E-state index >= 15 is 0 Å². The number of hydrogen-bond donors (Lipinski definition) is 2. The first-order chi connectivity index (χ1) is 9.45. The lowest BCUT2D eigenvalue weighted by molar-refractivity contribution is 0.0811. The standard InChI is InChI=1S/C16H28N2OS/c1-15(2,3)14-18-10-13(20-14)9-17-11-16(12-19)7-5-4-6-8-16/h10,17,19H,4-9,11-12H2,1-3H3. The number of hydrogen-bond acceptors (Lipinski definition) is 4. The Hall–Kier alpha value is -0.450. The Kier molecular flexibility index (Phi) is 5.21. The number of nitrogens with zero attached hydrogens (tertiary/aromatic N) is 1. The lowest BCUT2D eigenvalue weighted by atomic mass is 9.74. The Morgan fingerprint density at radius 3 is 2.55 bits per heavy atom. The second kappa shape index (κ2) is 6.54. The molecule has 0 saturated heterocycles. The first kappa shape index (κ1) is 15.9. The van der Waals surface area contributed by atoms with Gasteiger partial charge in [0.2, 0.25) is 0 Å². The van der Waals surface area contributed by atoms with E-state index in [9.17, 15) is 5.11 Å². The highest BCUT2D eigenvalue weighted by Crippen LogP contribution is 2.35. The number of rotatable bonds is 5. The highest BCUT2D eigenvalue weighted by molar-refractivity contribution is 7.11. The van der Waals surface area contributed by atoms with Crippen molar-refractivity contribution >= 4 is 11.3 Å². The van der Waals surface area contributed by atoms with Crippen molar-refractivity contribution in [1.29, 1.82) is 0 Å². The van der Waals surface area contributed by atoms with Gasteiger partial charge in [0.25, 0.3) is 0 Å². The fourth-order valence-corrected chi connectivity index (χ4v) is 3.82. The summed E-state index contributed by atoms with van der Waals surface area (Å²) >= 11 is 1.80. The van der Waals surface area contributed by atoms with Crippen LogP contribution in [-0.4, -0.2) is 23.2 Å². The molecule has 1 saturated carbocycles. The number of aliphatic hydroxyl groups is 1. The van der Waals surface area contributed by atoms with Crippen LogP contribution in [0.25, 0.3) is 0 Å². The molecule has 2 N–H and O–H groups in total. The molecule has 3 nitrogen and oxygen atoms in total. The molecule has 1 heterocycles. The Morgan fingerprint density at radius 1 is 1.30 bits per heavy atom. The zero-order chi connectivity index (χ0) is 14.6. The molecule has 0 amide bonds. The summed E-state index contributed by atoms with van der Waals surface area (Å²) in [4.78, 5) is 5.81. The molecular formula is C16H28N2OS. The van der Waals surface area contributed by atoms with Crippen LogP contribution in [0.15, 0.2) is 6.20 Å². The first-order valence-electron chi connectivity index (χ1n) is 7.72. The van der Waals surface area contributed by atoms with E-state index in [1.54, 1.807) is 11.3 Å². The van der Waals surface area contributed by atoms with Gasteiger partial charge in [0, 0.05) is 41.6 Å². The summed E-state index contributed by atoms with van der Waals surface area (Å²) in [7, 11) is 0. The van der Waals surface area contributed by atoms with Crippen LogP contribution in [0.5, 0.6) is 0 Å². The third-order valence-corrected chi connectivity index (χ3v) is 5.67. The van der Waals surface area contributed by atoms with Crippen molar-refractivity contribution in [2.45, 2.75) is 64.8 Å². The SMILES string of the molecule is CC(C)(C)c1ncc(CNCC2(CO)CCCCC2)s1. The van der Waals surface area contributed by atoms with Crippen molar-refractivity contribution in [1.82, 2.24) is 10.3 Å². The third kappa shape index (κ3) is 4.03. The third-order valence-electron chi connectivity index (χ3n) is 4.24. The molecule has 0 aromatic carbocycles. The minimum atomic E-state index is 0.121. The van der Waals surface area contributed by atoms with Crippen molar-refractivity contribution in [3.8, 4) is 0 Å². The van der Waals surface area contributed by atoms with Gasteiger partial charge in [-0.25, -0.2) is 4.98 Å². The Labute approximate surface area is 126 Å². The van der Waals surface area contributed by atoms with Crippen LogP contribution in [0, 0.1) is 5.41 Å². The van der Waals surface area contributed by atoms with Crippen LogP contribution in [-0.2, 0) is 12.0 Å². The molecule has 4 heteroatoms. The monoisotopic (exact) mass is 296 g/mol. The van der Waals surface area contributed by atoms with E-state index in [0.29, 0.717) is 6.61 Å². The first-order valence-corrected chi connectivity index (χ1v) is 8.54. The Bertz CT molecular complexity index is 416. The molecule has 20 heavy (non-hydrogen) atoms. The van der Waals surface area contributed by atoms with E-state index in [4.69, 9.17) is 0 Å². The summed E-state index contributed by atoms with van der Waals surface area (Å²) in [6.07, 6.45) is 8.16. The molecule has 1 aromatic heterocycles. The second-order valence-electron chi connectivity index (χ2n) is 7.20. The molecule has 1 aromatic rings. The average Bonchev–Trinajstić information content (AvgIpc) is 2.89. The van der Waals surface area contributed by atoms with Crippen molar-refractivity contribution < 1.29 is 5.11 Å². The predicted molar refractivity (Wildman–Crippen MR) is 85.1 cm³/mol. The van der Waals surface area contributed by atoms with Crippen LogP contribution >= 0.6 is 11.3 Å². The zero-order valence-electron chi connectivity index (χ0n) is 13.0. The van der Waals surface area contributed by atoms with Gasteiger partial charge < -0.3 is 10.4 Å². The van der Waals surface area contributed by atoms with Crippen LogP contribution in [0.4, 0.5) is 0 Å². The summed E-state index contributed by atoms with van der Waals surface area (Å²) in [5.41, 5.74) is 0.258. The summed E-state index contributed by atoms with van der Waals surface area (Å²) in [6.45, 7) is 8.71. The molecule has 114 valence electrons. The normalized spacial score (nSPS) is 19.2. The Balaban J connectivity index is 1.84. The molecule has 1 aliphatic rings. The number of aliphatic hydroxyl groups excluding tert-OH is 1. The summed E-state index contributed by atoms with van der Waals surface area (Å²) in [5, 5.41) is 14.4. The topological polar surface area (TPSA) is 45.2 Å². The predicted octanol–water partition coefficient (Wildman–Crippen LogP) is 3.47. The molecule has 0 atom stereocenters. The van der Waals surface area contributed by atoms with Crippen LogP contribution in [0.3, 0.4) is 0 Å². The molecule has 2 rings (SSSR count). The second-order valence-corrected chi connectivity index (χ2v) is 8.32. The lowest BCUT2D eigenvalue weighted by Crippen LogP contribution is -2.38. The lowest BCUT2D eigenvalue weighted by Gasteiger charge is -2.35. The summed E-state index contributed by atoms with van der Waals surface area (Å²) in [5.74, 6) is 0. The van der Waals surface area contributed by atoms with Gasteiger partial charge in [-0.3, -0.25) is 0 Å². The van der Waals surface area contributed by atoms with E-state index in [1.807, 2.05) is 6.20 Å². The van der Waals surface area contributed by atoms with Gasteiger partial charge in [-0.1, -0.05) is 40.0 Å². The largest absolute Gasteiger partial charge is 0.396 e. The van der Waals surface area contributed by atoms with E-state index in [1.165, 1.54) is 29.1 Å². The van der Waals surface area contributed by atoms with Gasteiger partial charge in [-0.15, -0.1) is 11.3 Å². The number of aromatic nitrogens is 1. The summed E-state index contributed by atoms with van der Waals surface area (Å²) in [6, 6.07) is 0. The maximum Gasteiger partial charge on any atom is 0.0981 e. The minimum Gasteiger partial charge on any atom is -0.396 e. The van der Waals surface area contributed by atoms with Gasteiger partial charge in [0.15, 0.2) is 0 Å². The van der Waals surface area contributed by atoms with Crippen molar-refractivity contribution in [3.63, 3.8) is 0 Å². The van der Waals surface area contributed by atoms with Crippen molar-refractivity contribution in [2.75, 3.05) is 13.2 Å². The van der Waals surface area contributed by atoms with Crippen LogP contribution < -0.4 is 5.32 Å². The van der Waals surface area contributed by atoms with Crippen molar-refractivity contribution in [3.05, 3.63) is 16.1 Å². The van der Waals surface area contributed by atoms with Gasteiger partial charge >= 0.3 is 0 Å². The van der Waals surface area contributed by atoms with E-state index in [-0.39, 0.29) is 10.8 Å². The fourth-order valence-electron chi connectivity index (χ4n) is 2.88. The molecule has 0 unspecified atom stereocenters. The van der Waals surface area contributed by atoms with Gasteiger partial charge in [-0.2, -0.15) is 0 Å². The summed E-state index contributed by atoms with van der Waals surface area (Å²) < 4.78 is 0. The van der Waals surface area contributed by atoms with Crippen LogP contribution in [0.2, 0.25) is 0 Å². The number of thiazole rings is 1. The maximum atomic E-state index is 9.70. The maximum absolute atomic E-state index is 9.70. The van der Waals surface area contributed by atoms with Gasteiger partial charge in [0.1, 0.15) is 0 Å². The zero-order valence-corrected chi connectivity index (χ0v) is 13.9. The molecule has 0 bridgehead atoms. The molecule has 0 radical (unpaired) electrons. The average molecular weight is 296 g/mol. The number of nitrogens with one attached hydrogen (secondary N) is 1. The smallest absolute Gasteiger partial charge is 0.0981 e. The molecule has 1 fully saturated rings. The highest BCUT2D eigenvalue weighted by atomic mass is 32.1. The quantitative estimate of drug-likeness (QED) is 0.874. The van der Waals surface area contributed by atoms with Gasteiger partial charge in [-0.05, 0) is 12.8 Å². The van der Waals surface area contributed by atoms with Gasteiger partial charge in [0.05, 0.1) is 5.01 Å². The van der Waals surface area contributed by atoms with E-state index in [2.05, 4.69) is 31.1 Å². The van der Waals surface area contributed by atoms with Crippen molar-refractivity contribution in [2.24, 2.45) is 5.41 Å². The molecule has 0 aliphatic heterocycles. The Morgan fingerprint density at radius 2 is 2.00 bits per heavy atom. The molecular weight excluding hydrogens is 268 g/mol.